The van der Waals surface area contributed by atoms with Crippen molar-refractivity contribution in [2.24, 2.45) is 5.92 Å². The molecule has 6 heteroatoms. The minimum atomic E-state index is 0.703. The van der Waals surface area contributed by atoms with Gasteiger partial charge in [0.25, 0.3) is 0 Å². The molecule has 1 aromatic carbocycles. The topological polar surface area (TPSA) is 44.2 Å². The van der Waals surface area contributed by atoms with Gasteiger partial charge >= 0.3 is 0 Å². The van der Waals surface area contributed by atoms with Gasteiger partial charge in [-0.05, 0) is 48.9 Å². The Kier molecular flexibility index (Phi) is 4.25. The summed E-state index contributed by atoms with van der Waals surface area (Å²) < 4.78 is 11.6. The number of ether oxygens (including phenoxy) is 2. The molecule has 26 heavy (non-hydrogen) atoms. The van der Waals surface area contributed by atoms with Crippen LogP contribution in [-0.4, -0.2) is 23.2 Å². The quantitative estimate of drug-likeness (QED) is 0.573. The molecule has 0 amide bonds. The van der Waals surface area contributed by atoms with Crippen molar-refractivity contribution in [1.29, 1.82) is 0 Å². The van der Waals surface area contributed by atoms with Gasteiger partial charge in [0.1, 0.15) is 16.2 Å². The van der Waals surface area contributed by atoms with E-state index < -0.39 is 0 Å². The molecular formula is C20H20N2O2S2. The second-order valence-electron chi connectivity index (χ2n) is 6.97. The molecule has 3 heterocycles. The van der Waals surface area contributed by atoms with Crippen molar-refractivity contribution in [2.75, 3.05) is 13.2 Å². The van der Waals surface area contributed by atoms with Crippen molar-refractivity contribution in [3.63, 3.8) is 0 Å². The second kappa shape index (κ2) is 6.74. The summed E-state index contributed by atoms with van der Waals surface area (Å²) in [6.07, 6.45) is 6.17. The van der Waals surface area contributed by atoms with Crippen LogP contribution in [0.15, 0.2) is 34.4 Å². The predicted octanol–water partition coefficient (Wildman–Crippen LogP) is 5.13. The second-order valence-corrected chi connectivity index (χ2v) is 9.12. The Labute approximate surface area is 161 Å². The lowest BCUT2D eigenvalue weighted by molar-refractivity contribution is 0.297. The molecule has 4 nitrogen and oxygen atoms in total. The predicted molar refractivity (Wildman–Crippen MR) is 105 cm³/mol. The van der Waals surface area contributed by atoms with Crippen molar-refractivity contribution >= 4 is 33.3 Å². The first-order valence-corrected chi connectivity index (χ1v) is 10.7. The molecule has 3 aromatic rings. The number of rotatable bonds is 2. The molecular weight excluding hydrogens is 364 g/mol. The van der Waals surface area contributed by atoms with E-state index in [1.54, 1.807) is 18.1 Å². The Morgan fingerprint density at radius 3 is 2.96 bits per heavy atom. The molecule has 5 rings (SSSR count). The van der Waals surface area contributed by atoms with Crippen molar-refractivity contribution in [2.45, 2.75) is 42.5 Å². The molecule has 0 saturated heterocycles. The van der Waals surface area contributed by atoms with Crippen molar-refractivity contribution in [3.8, 4) is 11.5 Å². The van der Waals surface area contributed by atoms with Gasteiger partial charge in [-0.3, -0.25) is 0 Å². The molecule has 1 aliphatic carbocycles. The van der Waals surface area contributed by atoms with Crippen LogP contribution < -0.4 is 9.47 Å². The fourth-order valence-electron chi connectivity index (χ4n) is 3.64. The summed E-state index contributed by atoms with van der Waals surface area (Å²) in [5.41, 5.74) is 1.47. The summed E-state index contributed by atoms with van der Waals surface area (Å²) in [4.78, 5) is 12.9. The van der Waals surface area contributed by atoms with Gasteiger partial charge in [-0.1, -0.05) is 18.7 Å². The third-order valence-corrected chi connectivity index (χ3v) is 7.15. The highest BCUT2D eigenvalue weighted by Gasteiger charge is 2.23. The molecule has 1 aliphatic heterocycles. The van der Waals surface area contributed by atoms with Crippen molar-refractivity contribution in [3.05, 3.63) is 35.0 Å². The normalized spacial score (nSPS) is 19.2. The minimum Gasteiger partial charge on any atom is -0.490 e. The molecule has 0 N–H and O–H groups in total. The van der Waals surface area contributed by atoms with Crippen LogP contribution in [0.5, 0.6) is 11.5 Å². The van der Waals surface area contributed by atoms with Crippen molar-refractivity contribution < 1.29 is 9.47 Å². The Balaban J connectivity index is 1.53. The van der Waals surface area contributed by atoms with E-state index in [1.807, 2.05) is 17.4 Å². The summed E-state index contributed by atoms with van der Waals surface area (Å²) in [7, 11) is 0. The number of aromatic nitrogens is 2. The number of hydrogen-bond donors (Lipinski definition) is 0. The number of thiophene rings is 1. The Morgan fingerprint density at radius 2 is 2.04 bits per heavy atom. The summed E-state index contributed by atoms with van der Waals surface area (Å²) in [5.74, 6) is 2.43. The molecule has 0 saturated carbocycles. The zero-order chi connectivity index (χ0) is 17.5. The van der Waals surface area contributed by atoms with Crippen LogP contribution in [0.3, 0.4) is 0 Å². The van der Waals surface area contributed by atoms with Crippen LogP contribution in [0, 0.1) is 5.92 Å². The van der Waals surface area contributed by atoms with E-state index in [2.05, 4.69) is 29.0 Å². The van der Waals surface area contributed by atoms with Gasteiger partial charge in [-0.15, -0.1) is 11.3 Å². The minimum absolute atomic E-state index is 0.703. The largest absolute Gasteiger partial charge is 0.490 e. The highest BCUT2D eigenvalue weighted by Crippen LogP contribution is 2.43. The maximum absolute atomic E-state index is 5.83. The zero-order valence-electron chi connectivity index (χ0n) is 14.7. The molecule has 0 fully saturated rings. The zero-order valence-corrected chi connectivity index (χ0v) is 16.3. The van der Waals surface area contributed by atoms with Crippen LogP contribution in [0.4, 0.5) is 0 Å². The molecule has 134 valence electrons. The van der Waals surface area contributed by atoms with Crippen LogP contribution in [0.25, 0.3) is 10.2 Å². The van der Waals surface area contributed by atoms with E-state index in [4.69, 9.17) is 9.47 Å². The number of nitrogens with zero attached hydrogens (tertiary/aromatic N) is 2. The first kappa shape index (κ1) is 16.4. The third-order valence-electron chi connectivity index (χ3n) is 4.99. The average molecular weight is 385 g/mol. The van der Waals surface area contributed by atoms with Gasteiger partial charge in [0.2, 0.25) is 0 Å². The van der Waals surface area contributed by atoms with E-state index in [9.17, 15) is 0 Å². The third kappa shape index (κ3) is 2.95. The van der Waals surface area contributed by atoms with Crippen molar-refractivity contribution in [1.82, 2.24) is 9.97 Å². The first-order chi connectivity index (χ1) is 12.8. The SMILES string of the molecule is C[C@H]1CCc2c(sc3ncnc(Sc4ccc5c(c4)OCCCO5)c23)C1. The maximum Gasteiger partial charge on any atom is 0.162 e. The molecule has 0 bridgehead atoms. The van der Waals surface area contributed by atoms with Gasteiger partial charge in [0.05, 0.1) is 13.2 Å². The first-order valence-electron chi connectivity index (χ1n) is 9.10. The van der Waals surface area contributed by atoms with Gasteiger partial charge < -0.3 is 9.47 Å². The maximum atomic E-state index is 5.83. The van der Waals surface area contributed by atoms with E-state index in [0.29, 0.717) is 13.2 Å². The van der Waals surface area contributed by atoms with E-state index in [-0.39, 0.29) is 0 Å². The lowest BCUT2D eigenvalue weighted by atomic mass is 9.89. The molecule has 0 radical (unpaired) electrons. The lowest BCUT2D eigenvalue weighted by Crippen LogP contribution is -2.08. The number of fused-ring (bicyclic) bond motifs is 4. The lowest BCUT2D eigenvalue weighted by Gasteiger charge is -2.18. The van der Waals surface area contributed by atoms with Gasteiger partial charge in [-0.2, -0.15) is 0 Å². The highest BCUT2D eigenvalue weighted by molar-refractivity contribution is 7.99. The van der Waals surface area contributed by atoms with Gasteiger partial charge in [0, 0.05) is 21.6 Å². The molecule has 2 aromatic heterocycles. The summed E-state index contributed by atoms with van der Waals surface area (Å²) >= 11 is 3.54. The van der Waals surface area contributed by atoms with E-state index in [1.165, 1.54) is 28.7 Å². The molecule has 2 aliphatic rings. The summed E-state index contributed by atoms with van der Waals surface area (Å²) in [6.45, 7) is 3.76. The highest BCUT2D eigenvalue weighted by atomic mass is 32.2. The Hall–Kier alpha value is -1.79. The van der Waals surface area contributed by atoms with Crippen LogP contribution in [-0.2, 0) is 12.8 Å². The monoisotopic (exact) mass is 384 g/mol. The van der Waals surface area contributed by atoms with Crippen LogP contribution >= 0.6 is 23.1 Å². The molecule has 0 spiro atoms. The summed E-state index contributed by atoms with van der Waals surface area (Å²) in [5, 5.41) is 2.31. The number of benzene rings is 1. The van der Waals surface area contributed by atoms with Gasteiger partial charge in [-0.25, -0.2) is 9.97 Å². The summed E-state index contributed by atoms with van der Waals surface area (Å²) in [6, 6.07) is 6.17. The van der Waals surface area contributed by atoms with Crippen LogP contribution in [0.2, 0.25) is 0 Å². The smallest absolute Gasteiger partial charge is 0.162 e. The number of aryl methyl sites for hydroxylation is 1. The molecule has 0 unspecified atom stereocenters. The average Bonchev–Trinajstić information content (AvgIpc) is 2.84. The molecule has 1 atom stereocenters. The fraction of sp³-hybridized carbons (Fsp3) is 0.400. The van der Waals surface area contributed by atoms with Crippen LogP contribution in [0.1, 0.15) is 30.2 Å². The van der Waals surface area contributed by atoms with E-state index >= 15 is 0 Å². The van der Waals surface area contributed by atoms with Gasteiger partial charge in [0.15, 0.2) is 11.5 Å². The Bertz CT molecular complexity index is 970. The fourth-order valence-corrected chi connectivity index (χ4v) is 6.00. The number of hydrogen-bond acceptors (Lipinski definition) is 6. The standard InChI is InChI=1S/C20H20N2O2S2/c1-12-3-5-14-17(9-12)26-20-18(14)19(21-11-22-20)25-13-4-6-15-16(10-13)24-8-2-7-23-15/h4,6,10-12H,2-3,5,7-9H2,1H3/t12-/m0/s1. The Morgan fingerprint density at radius 1 is 1.15 bits per heavy atom. The van der Waals surface area contributed by atoms with E-state index in [0.717, 1.165) is 45.0 Å².